The number of rotatable bonds is 3. The van der Waals surface area contributed by atoms with Gasteiger partial charge in [-0.15, -0.1) is 0 Å². The lowest BCUT2D eigenvalue weighted by atomic mass is 9.93. The number of hydrogen-bond donors (Lipinski definition) is 1. The maximum Gasteiger partial charge on any atom is 0.415 e. The van der Waals surface area contributed by atoms with E-state index >= 15 is 0 Å². The van der Waals surface area contributed by atoms with E-state index in [4.69, 9.17) is 4.74 Å². The molecule has 1 fully saturated rings. The average molecular weight is 379 g/mol. The highest BCUT2D eigenvalue weighted by atomic mass is 19.1. The van der Waals surface area contributed by atoms with Gasteiger partial charge in [0.05, 0.1) is 6.20 Å². The molecule has 0 saturated carbocycles. The van der Waals surface area contributed by atoms with E-state index in [0.29, 0.717) is 24.8 Å². The molecule has 144 valence electrons. The van der Waals surface area contributed by atoms with Crippen LogP contribution in [-0.4, -0.2) is 34.1 Å². The lowest BCUT2D eigenvalue weighted by Crippen LogP contribution is -2.39. The van der Waals surface area contributed by atoms with Crippen molar-refractivity contribution in [3.05, 3.63) is 72.1 Å². The van der Waals surface area contributed by atoms with E-state index in [9.17, 15) is 9.18 Å². The van der Waals surface area contributed by atoms with Gasteiger partial charge in [0, 0.05) is 36.6 Å². The van der Waals surface area contributed by atoms with Gasteiger partial charge >= 0.3 is 6.09 Å². The number of pyridine rings is 1. The number of aromatic nitrogens is 2. The number of aryl methyl sites for hydroxylation is 1. The summed E-state index contributed by atoms with van der Waals surface area (Å²) in [5.74, 6) is 0.588. The molecular formula is C22H22FN3O2. The van der Waals surface area contributed by atoms with Gasteiger partial charge < -0.3 is 14.6 Å². The van der Waals surface area contributed by atoms with Crippen molar-refractivity contribution in [2.75, 3.05) is 13.1 Å². The Labute approximate surface area is 163 Å². The summed E-state index contributed by atoms with van der Waals surface area (Å²) in [6.07, 6.45) is 4.92. The monoisotopic (exact) mass is 379 g/mol. The number of likely N-dealkylation sites (tertiary alicyclic amines) is 1. The van der Waals surface area contributed by atoms with Gasteiger partial charge in [-0.2, -0.15) is 0 Å². The van der Waals surface area contributed by atoms with E-state index in [1.54, 1.807) is 29.3 Å². The summed E-state index contributed by atoms with van der Waals surface area (Å²) in [4.78, 5) is 21.6. The van der Waals surface area contributed by atoms with Crippen molar-refractivity contribution in [1.82, 2.24) is 14.9 Å². The Bertz CT molecular complexity index is 943. The van der Waals surface area contributed by atoms with E-state index < -0.39 is 0 Å². The zero-order valence-corrected chi connectivity index (χ0v) is 15.7. The van der Waals surface area contributed by atoms with Crippen molar-refractivity contribution in [3.63, 3.8) is 0 Å². The molecule has 1 saturated heterocycles. The van der Waals surface area contributed by atoms with Crippen molar-refractivity contribution >= 4 is 6.09 Å². The Hall–Kier alpha value is -3.15. The standard InChI is InChI=1S/C22H22FN3O2/c1-15-2-7-20(14-24-15)28-22(27)26-10-8-17(9-11-26)21-12-18(13-25-21)16-3-5-19(23)6-4-16/h2-7,12-14,17,25H,8-11H2,1H3. The topological polar surface area (TPSA) is 58.2 Å². The molecule has 1 N–H and O–H groups in total. The van der Waals surface area contributed by atoms with Crippen LogP contribution in [0.15, 0.2) is 54.9 Å². The Morgan fingerprint density at radius 1 is 1.14 bits per heavy atom. The van der Waals surface area contributed by atoms with Crippen molar-refractivity contribution in [2.24, 2.45) is 0 Å². The van der Waals surface area contributed by atoms with Crippen LogP contribution in [0.2, 0.25) is 0 Å². The molecular weight excluding hydrogens is 357 g/mol. The van der Waals surface area contributed by atoms with Gasteiger partial charge in [-0.05, 0) is 61.2 Å². The molecule has 0 spiro atoms. The lowest BCUT2D eigenvalue weighted by molar-refractivity contribution is 0.138. The molecule has 3 aromatic rings. The fraction of sp³-hybridized carbons (Fsp3) is 0.273. The Morgan fingerprint density at radius 2 is 1.89 bits per heavy atom. The van der Waals surface area contributed by atoms with Crippen molar-refractivity contribution < 1.29 is 13.9 Å². The van der Waals surface area contributed by atoms with E-state index in [1.807, 2.05) is 19.2 Å². The Kier molecular flexibility index (Phi) is 5.10. The van der Waals surface area contributed by atoms with Crippen LogP contribution in [0.3, 0.4) is 0 Å². The molecule has 1 aromatic carbocycles. The summed E-state index contributed by atoms with van der Waals surface area (Å²) in [5, 5.41) is 0. The molecule has 0 radical (unpaired) electrons. The van der Waals surface area contributed by atoms with Crippen molar-refractivity contribution in [1.29, 1.82) is 0 Å². The van der Waals surface area contributed by atoms with Crippen LogP contribution >= 0.6 is 0 Å². The van der Waals surface area contributed by atoms with Gasteiger partial charge in [0.25, 0.3) is 0 Å². The second-order valence-electron chi connectivity index (χ2n) is 7.12. The van der Waals surface area contributed by atoms with E-state index in [1.165, 1.54) is 12.1 Å². The fourth-order valence-corrected chi connectivity index (χ4v) is 3.51. The summed E-state index contributed by atoms with van der Waals surface area (Å²) < 4.78 is 18.5. The van der Waals surface area contributed by atoms with Crippen LogP contribution < -0.4 is 4.74 Å². The maximum atomic E-state index is 13.1. The van der Waals surface area contributed by atoms with E-state index in [-0.39, 0.29) is 11.9 Å². The number of aromatic amines is 1. The Morgan fingerprint density at radius 3 is 2.57 bits per heavy atom. The van der Waals surface area contributed by atoms with Crippen molar-refractivity contribution in [3.8, 4) is 16.9 Å². The van der Waals surface area contributed by atoms with Crippen LogP contribution in [-0.2, 0) is 0 Å². The first kappa shape index (κ1) is 18.2. The minimum atomic E-state index is -0.331. The van der Waals surface area contributed by atoms with Gasteiger partial charge in [-0.1, -0.05) is 12.1 Å². The molecule has 0 atom stereocenters. The minimum absolute atomic E-state index is 0.236. The minimum Gasteiger partial charge on any atom is -0.409 e. The molecule has 6 heteroatoms. The molecule has 0 unspecified atom stereocenters. The summed E-state index contributed by atoms with van der Waals surface area (Å²) in [6.45, 7) is 3.18. The zero-order chi connectivity index (χ0) is 19.5. The number of carbonyl (C=O) groups is 1. The molecule has 28 heavy (non-hydrogen) atoms. The summed E-state index contributed by atoms with van der Waals surface area (Å²) in [5.41, 5.74) is 4.06. The quantitative estimate of drug-likeness (QED) is 0.704. The average Bonchev–Trinajstić information content (AvgIpc) is 3.20. The van der Waals surface area contributed by atoms with Crippen LogP contribution in [0.4, 0.5) is 9.18 Å². The van der Waals surface area contributed by atoms with Gasteiger partial charge in [0.1, 0.15) is 5.82 Å². The molecule has 3 heterocycles. The second kappa shape index (κ2) is 7.84. The summed E-state index contributed by atoms with van der Waals surface area (Å²) >= 11 is 0. The van der Waals surface area contributed by atoms with E-state index in [2.05, 4.69) is 16.0 Å². The number of H-pyrrole nitrogens is 1. The first-order valence-electron chi connectivity index (χ1n) is 9.42. The number of halogens is 1. The van der Waals surface area contributed by atoms with Gasteiger partial charge in [-0.25, -0.2) is 9.18 Å². The highest BCUT2D eigenvalue weighted by Crippen LogP contribution is 2.31. The third-order valence-electron chi connectivity index (χ3n) is 5.17. The number of carbonyl (C=O) groups excluding carboxylic acids is 1. The number of benzene rings is 1. The van der Waals surface area contributed by atoms with E-state index in [0.717, 1.165) is 35.4 Å². The largest absolute Gasteiger partial charge is 0.415 e. The molecule has 1 aliphatic heterocycles. The molecule has 0 bridgehead atoms. The normalized spacial score (nSPS) is 14.9. The summed E-state index contributed by atoms with van der Waals surface area (Å²) in [7, 11) is 0. The SMILES string of the molecule is Cc1ccc(OC(=O)N2CCC(c3cc(-c4ccc(F)cc4)c[nH]3)CC2)cn1. The fourth-order valence-electron chi connectivity index (χ4n) is 3.51. The molecule has 4 rings (SSSR count). The predicted molar refractivity (Wildman–Crippen MR) is 105 cm³/mol. The lowest BCUT2D eigenvalue weighted by Gasteiger charge is -2.30. The first-order valence-corrected chi connectivity index (χ1v) is 9.42. The van der Waals surface area contributed by atoms with Gasteiger partial charge in [0.15, 0.2) is 5.75 Å². The third kappa shape index (κ3) is 4.06. The smallest absolute Gasteiger partial charge is 0.409 e. The van der Waals surface area contributed by atoms with Crippen LogP contribution in [0.1, 0.15) is 30.1 Å². The van der Waals surface area contributed by atoms with Crippen LogP contribution in [0, 0.1) is 12.7 Å². The molecule has 1 amide bonds. The van der Waals surface area contributed by atoms with Gasteiger partial charge in [-0.3, -0.25) is 4.98 Å². The number of amides is 1. The first-order chi connectivity index (χ1) is 13.6. The highest BCUT2D eigenvalue weighted by Gasteiger charge is 2.26. The van der Waals surface area contributed by atoms with Gasteiger partial charge in [0.2, 0.25) is 0 Å². The predicted octanol–water partition coefficient (Wildman–Crippen LogP) is 4.90. The zero-order valence-electron chi connectivity index (χ0n) is 15.7. The number of nitrogens with zero attached hydrogens (tertiary/aromatic N) is 2. The summed E-state index contributed by atoms with van der Waals surface area (Å²) in [6, 6.07) is 12.2. The maximum absolute atomic E-state index is 13.1. The number of hydrogen-bond acceptors (Lipinski definition) is 3. The number of piperidine rings is 1. The number of nitrogens with one attached hydrogen (secondary N) is 1. The van der Waals surface area contributed by atoms with Crippen LogP contribution in [0.5, 0.6) is 5.75 Å². The Balaban J connectivity index is 1.34. The molecule has 5 nitrogen and oxygen atoms in total. The number of ether oxygens (including phenoxy) is 1. The van der Waals surface area contributed by atoms with Crippen molar-refractivity contribution in [2.45, 2.75) is 25.7 Å². The highest BCUT2D eigenvalue weighted by molar-refractivity contribution is 5.70. The third-order valence-corrected chi connectivity index (χ3v) is 5.17. The molecule has 2 aromatic heterocycles. The molecule has 1 aliphatic rings. The van der Waals surface area contributed by atoms with Crippen LogP contribution in [0.25, 0.3) is 11.1 Å². The molecule has 0 aliphatic carbocycles. The second-order valence-corrected chi connectivity index (χ2v) is 7.12.